The van der Waals surface area contributed by atoms with Crippen molar-refractivity contribution in [2.75, 3.05) is 11.9 Å². The minimum atomic E-state index is 0.466. The van der Waals surface area contributed by atoms with Crippen LogP contribution in [0.2, 0.25) is 5.15 Å². The van der Waals surface area contributed by atoms with Crippen LogP contribution < -0.4 is 4.90 Å². The van der Waals surface area contributed by atoms with Crippen molar-refractivity contribution in [2.45, 2.75) is 20.4 Å². The van der Waals surface area contributed by atoms with Crippen LogP contribution in [0, 0.1) is 13.8 Å². The van der Waals surface area contributed by atoms with Crippen LogP contribution >= 0.6 is 22.9 Å². The summed E-state index contributed by atoms with van der Waals surface area (Å²) in [6.45, 7) is 4.68. The highest BCUT2D eigenvalue weighted by Gasteiger charge is 2.12. The van der Waals surface area contributed by atoms with Crippen LogP contribution in [0.15, 0.2) is 10.9 Å². The third-order valence-corrected chi connectivity index (χ3v) is 3.68. The first-order valence-electron chi connectivity index (χ1n) is 5.17. The molecule has 0 saturated heterocycles. The fraction of sp³-hybridized carbons (Fsp3) is 0.364. The summed E-state index contributed by atoms with van der Waals surface area (Å²) >= 11 is 7.52. The van der Waals surface area contributed by atoms with Gasteiger partial charge in [0, 0.05) is 12.4 Å². The van der Waals surface area contributed by atoms with Crippen molar-refractivity contribution < 1.29 is 0 Å². The smallest absolute Gasteiger partial charge is 0.155 e. The molecular formula is C11H13ClN4S. The van der Waals surface area contributed by atoms with E-state index in [1.165, 1.54) is 0 Å². The minimum Gasteiger partial charge on any atom is -0.352 e. The van der Waals surface area contributed by atoms with E-state index in [1.54, 1.807) is 11.3 Å². The molecule has 0 aliphatic heterocycles. The molecule has 4 nitrogen and oxygen atoms in total. The summed E-state index contributed by atoms with van der Waals surface area (Å²) < 4.78 is 0. The van der Waals surface area contributed by atoms with E-state index < -0.39 is 0 Å². The molecule has 0 aliphatic carbocycles. The van der Waals surface area contributed by atoms with Gasteiger partial charge >= 0.3 is 0 Å². The molecule has 0 aliphatic rings. The van der Waals surface area contributed by atoms with Gasteiger partial charge in [-0.05, 0) is 25.0 Å². The van der Waals surface area contributed by atoms with E-state index in [4.69, 9.17) is 11.6 Å². The van der Waals surface area contributed by atoms with Gasteiger partial charge in [0.25, 0.3) is 0 Å². The van der Waals surface area contributed by atoms with Crippen molar-refractivity contribution in [3.05, 3.63) is 32.9 Å². The molecule has 2 heterocycles. The summed E-state index contributed by atoms with van der Waals surface area (Å²) in [6, 6.07) is 0. The van der Waals surface area contributed by atoms with Crippen LogP contribution in [-0.4, -0.2) is 22.2 Å². The lowest BCUT2D eigenvalue weighted by molar-refractivity contribution is 0.837. The summed E-state index contributed by atoms with van der Waals surface area (Å²) in [4.78, 5) is 6.28. The topological polar surface area (TPSA) is 41.9 Å². The monoisotopic (exact) mass is 268 g/mol. The Morgan fingerprint density at radius 3 is 2.71 bits per heavy atom. The second kappa shape index (κ2) is 4.98. The normalized spacial score (nSPS) is 10.6. The lowest BCUT2D eigenvalue weighted by atomic mass is 10.2. The van der Waals surface area contributed by atoms with E-state index in [9.17, 15) is 0 Å². The lowest BCUT2D eigenvalue weighted by Crippen LogP contribution is -2.20. The molecule has 0 bridgehead atoms. The van der Waals surface area contributed by atoms with Gasteiger partial charge in [-0.15, -0.1) is 21.5 Å². The summed E-state index contributed by atoms with van der Waals surface area (Å²) in [5.74, 6) is 0.847. The average Bonchev–Trinajstić information content (AvgIpc) is 2.78. The second-order valence-electron chi connectivity index (χ2n) is 3.90. The first-order chi connectivity index (χ1) is 8.09. The van der Waals surface area contributed by atoms with Crippen molar-refractivity contribution in [3.63, 3.8) is 0 Å². The van der Waals surface area contributed by atoms with Gasteiger partial charge in [-0.3, -0.25) is 0 Å². The van der Waals surface area contributed by atoms with Gasteiger partial charge in [-0.25, -0.2) is 4.98 Å². The highest BCUT2D eigenvalue weighted by atomic mass is 35.5. The summed E-state index contributed by atoms with van der Waals surface area (Å²) in [5, 5.41) is 10.6. The average molecular weight is 269 g/mol. The zero-order valence-electron chi connectivity index (χ0n) is 9.94. The molecule has 0 unspecified atom stereocenters. The van der Waals surface area contributed by atoms with Gasteiger partial charge in [-0.1, -0.05) is 11.6 Å². The van der Waals surface area contributed by atoms with E-state index in [-0.39, 0.29) is 0 Å². The number of aromatic nitrogens is 3. The molecule has 17 heavy (non-hydrogen) atoms. The Balaban J connectivity index is 2.25. The second-order valence-corrected chi connectivity index (χ2v) is 4.98. The first kappa shape index (κ1) is 12.3. The number of hydrogen-bond donors (Lipinski definition) is 0. The lowest BCUT2D eigenvalue weighted by Gasteiger charge is -2.19. The fourth-order valence-corrected chi connectivity index (χ4v) is 2.29. The predicted octanol–water partition coefficient (Wildman–Crippen LogP) is 2.84. The largest absolute Gasteiger partial charge is 0.352 e. The molecule has 6 heteroatoms. The van der Waals surface area contributed by atoms with Crippen LogP contribution in [0.4, 0.5) is 5.82 Å². The Bertz CT molecular complexity index is 512. The highest BCUT2D eigenvalue weighted by molar-refractivity contribution is 7.07. The van der Waals surface area contributed by atoms with E-state index in [0.717, 1.165) is 29.2 Å². The zero-order valence-corrected chi connectivity index (χ0v) is 11.5. The maximum atomic E-state index is 5.93. The Kier molecular flexibility index (Phi) is 3.59. The maximum Gasteiger partial charge on any atom is 0.155 e. The third-order valence-electron chi connectivity index (χ3n) is 2.68. The third kappa shape index (κ3) is 2.56. The molecule has 0 aromatic carbocycles. The van der Waals surface area contributed by atoms with Crippen molar-refractivity contribution in [1.82, 2.24) is 15.2 Å². The zero-order chi connectivity index (χ0) is 12.4. The maximum absolute atomic E-state index is 5.93. The van der Waals surface area contributed by atoms with E-state index in [0.29, 0.717) is 5.15 Å². The molecule has 0 N–H and O–H groups in total. The number of rotatable bonds is 3. The number of nitrogens with zero attached hydrogens (tertiary/aromatic N) is 4. The SMILES string of the molecule is Cc1c(Cl)nnc(N(C)Cc2cscn2)c1C. The predicted molar refractivity (Wildman–Crippen MR) is 70.7 cm³/mol. The molecule has 2 aromatic rings. The molecule has 0 saturated carbocycles. The fourth-order valence-electron chi connectivity index (χ4n) is 1.56. The molecule has 0 amide bonds. The minimum absolute atomic E-state index is 0.466. The van der Waals surface area contributed by atoms with Gasteiger partial charge < -0.3 is 4.90 Å². The number of anilines is 1. The van der Waals surface area contributed by atoms with E-state index in [2.05, 4.69) is 15.2 Å². The summed E-state index contributed by atoms with van der Waals surface area (Å²) in [5.41, 5.74) is 4.89. The van der Waals surface area contributed by atoms with Gasteiger partial charge in [-0.2, -0.15) is 0 Å². The van der Waals surface area contributed by atoms with E-state index >= 15 is 0 Å². The van der Waals surface area contributed by atoms with Crippen LogP contribution in [-0.2, 0) is 6.54 Å². The molecular weight excluding hydrogens is 256 g/mol. The Labute approximate surface area is 109 Å². The summed E-state index contributed by atoms with van der Waals surface area (Å²) in [6.07, 6.45) is 0. The Hall–Kier alpha value is -1.20. The molecule has 0 radical (unpaired) electrons. The highest BCUT2D eigenvalue weighted by Crippen LogP contribution is 2.23. The quantitative estimate of drug-likeness (QED) is 0.858. The van der Waals surface area contributed by atoms with Crippen LogP contribution in [0.5, 0.6) is 0 Å². The van der Waals surface area contributed by atoms with Crippen molar-refractivity contribution in [2.24, 2.45) is 0 Å². The molecule has 0 atom stereocenters. The van der Waals surface area contributed by atoms with Crippen molar-refractivity contribution in [1.29, 1.82) is 0 Å². The van der Waals surface area contributed by atoms with Crippen LogP contribution in [0.25, 0.3) is 0 Å². The Morgan fingerprint density at radius 2 is 2.06 bits per heavy atom. The van der Waals surface area contributed by atoms with Gasteiger partial charge in [0.05, 0.1) is 17.7 Å². The number of hydrogen-bond acceptors (Lipinski definition) is 5. The van der Waals surface area contributed by atoms with Crippen LogP contribution in [0.1, 0.15) is 16.8 Å². The molecule has 2 aromatic heterocycles. The standard InChI is InChI=1S/C11H13ClN4S/c1-7-8(2)11(15-14-10(7)12)16(3)4-9-5-17-6-13-9/h5-6H,4H2,1-3H3. The van der Waals surface area contributed by atoms with Gasteiger partial charge in [0.1, 0.15) is 0 Å². The van der Waals surface area contributed by atoms with Crippen LogP contribution in [0.3, 0.4) is 0 Å². The van der Waals surface area contributed by atoms with Gasteiger partial charge in [0.2, 0.25) is 0 Å². The number of thiazole rings is 1. The molecule has 2 rings (SSSR count). The molecule has 0 spiro atoms. The molecule has 90 valence electrons. The summed E-state index contributed by atoms with van der Waals surface area (Å²) in [7, 11) is 1.98. The van der Waals surface area contributed by atoms with E-state index in [1.807, 2.05) is 36.7 Å². The van der Waals surface area contributed by atoms with Crippen molar-refractivity contribution >= 4 is 28.8 Å². The van der Waals surface area contributed by atoms with Crippen molar-refractivity contribution in [3.8, 4) is 0 Å². The van der Waals surface area contributed by atoms with Gasteiger partial charge in [0.15, 0.2) is 11.0 Å². The first-order valence-corrected chi connectivity index (χ1v) is 6.49. The Morgan fingerprint density at radius 1 is 1.29 bits per heavy atom. The number of halogens is 1. The molecule has 0 fully saturated rings.